The molecule has 78 valence electrons. The monoisotopic (exact) mass is 195 g/mol. The zero-order chi connectivity index (χ0) is 10.8. The van der Waals surface area contributed by atoms with Gasteiger partial charge in [0, 0.05) is 12.0 Å². The largest absolute Gasteiger partial charge is 0.455 e. The van der Waals surface area contributed by atoms with E-state index in [-0.39, 0.29) is 11.3 Å². The molecule has 0 radical (unpaired) electrons. The Labute approximate surface area is 84.5 Å². The highest BCUT2D eigenvalue weighted by atomic mass is 16.4. The molecule has 0 aliphatic rings. The van der Waals surface area contributed by atoms with Crippen molar-refractivity contribution in [1.82, 2.24) is 5.32 Å². The van der Waals surface area contributed by atoms with Crippen molar-refractivity contribution in [2.24, 2.45) is 0 Å². The number of amides is 1. The molecule has 0 aromatic carbocycles. The van der Waals surface area contributed by atoms with Crippen LogP contribution in [-0.2, 0) is 5.41 Å². The highest BCUT2D eigenvalue weighted by Gasteiger charge is 2.19. The Morgan fingerprint density at radius 3 is 2.50 bits per heavy atom. The van der Waals surface area contributed by atoms with Crippen molar-refractivity contribution in [3.8, 4) is 0 Å². The normalized spacial score (nSPS) is 11.4. The minimum atomic E-state index is -0.150. The number of carbonyl (C=O) groups excluding carboxylic acids is 1. The Morgan fingerprint density at radius 1 is 1.43 bits per heavy atom. The van der Waals surface area contributed by atoms with Gasteiger partial charge in [-0.25, -0.2) is 0 Å². The summed E-state index contributed by atoms with van der Waals surface area (Å²) in [6.07, 6.45) is 0. The van der Waals surface area contributed by atoms with Gasteiger partial charge >= 0.3 is 0 Å². The van der Waals surface area contributed by atoms with Crippen LogP contribution in [0.25, 0.3) is 0 Å². The van der Waals surface area contributed by atoms with E-state index < -0.39 is 0 Å². The van der Waals surface area contributed by atoms with Gasteiger partial charge in [-0.3, -0.25) is 4.79 Å². The molecule has 1 aromatic rings. The van der Waals surface area contributed by atoms with E-state index in [1.165, 1.54) is 0 Å². The van der Waals surface area contributed by atoms with Crippen molar-refractivity contribution in [3.63, 3.8) is 0 Å². The van der Waals surface area contributed by atoms with Crippen molar-refractivity contribution in [2.45, 2.75) is 33.1 Å². The van der Waals surface area contributed by atoms with Gasteiger partial charge < -0.3 is 9.73 Å². The number of hydrogen-bond acceptors (Lipinski definition) is 2. The Bertz CT molecular complexity index is 320. The van der Waals surface area contributed by atoms with Crippen molar-refractivity contribution >= 4 is 5.91 Å². The molecule has 1 aromatic heterocycles. The van der Waals surface area contributed by atoms with Crippen LogP contribution in [0.4, 0.5) is 0 Å². The van der Waals surface area contributed by atoms with E-state index in [1.54, 1.807) is 6.07 Å². The van der Waals surface area contributed by atoms with E-state index in [9.17, 15) is 4.79 Å². The van der Waals surface area contributed by atoms with Crippen LogP contribution in [0.2, 0.25) is 0 Å². The summed E-state index contributed by atoms with van der Waals surface area (Å²) in [5, 5.41) is 2.69. The van der Waals surface area contributed by atoms with E-state index in [0.717, 1.165) is 5.76 Å². The molecule has 3 heteroatoms. The van der Waals surface area contributed by atoms with E-state index in [1.807, 2.05) is 33.8 Å². The lowest BCUT2D eigenvalue weighted by atomic mass is 9.94. The van der Waals surface area contributed by atoms with E-state index in [0.29, 0.717) is 12.3 Å². The molecule has 0 aliphatic heterocycles. The standard InChI is InChI=1S/C11H17NO2/c1-5-12-10(13)8-6-7-9(14-8)11(2,3)4/h6-7H,5H2,1-4H3,(H,12,13). The smallest absolute Gasteiger partial charge is 0.286 e. The Balaban J connectivity index is 2.83. The van der Waals surface area contributed by atoms with Crippen molar-refractivity contribution in [3.05, 3.63) is 23.7 Å². The van der Waals surface area contributed by atoms with Gasteiger partial charge in [0.05, 0.1) is 0 Å². The van der Waals surface area contributed by atoms with Crippen LogP contribution in [0.5, 0.6) is 0 Å². The van der Waals surface area contributed by atoms with E-state index in [2.05, 4.69) is 5.32 Å². The minimum absolute atomic E-state index is 0.0508. The fourth-order valence-electron chi connectivity index (χ4n) is 1.11. The third-order valence-electron chi connectivity index (χ3n) is 1.91. The molecule has 0 atom stereocenters. The Kier molecular flexibility index (Phi) is 2.99. The quantitative estimate of drug-likeness (QED) is 0.787. The number of carbonyl (C=O) groups is 1. The fraction of sp³-hybridized carbons (Fsp3) is 0.545. The molecule has 1 heterocycles. The molecule has 0 saturated carbocycles. The zero-order valence-electron chi connectivity index (χ0n) is 9.18. The molecule has 0 fully saturated rings. The summed E-state index contributed by atoms with van der Waals surface area (Å²) >= 11 is 0. The van der Waals surface area contributed by atoms with Gasteiger partial charge in [-0.15, -0.1) is 0 Å². The molecular weight excluding hydrogens is 178 g/mol. The first-order chi connectivity index (χ1) is 6.45. The lowest BCUT2D eigenvalue weighted by Crippen LogP contribution is -2.22. The number of furan rings is 1. The first-order valence-electron chi connectivity index (χ1n) is 4.83. The summed E-state index contributed by atoms with van der Waals surface area (Å²) in [7, 11) is 0. The zero-order valence-corrected chi connectivity index (χ0v) is 9.18. The van der Waals surface area contributed by atoms with E-state index >= 15 is 0 Å². The average molecular weight is 195 g/mol. The Morgan fingerprint density at radius 2 is 2.07 bits per heavy atom. The first-order valence-corrected chi connectivity index (χ1v) is 4.83. The van der Waals surface area contributed by atoms with Crippen LogP contribution in [0.3, 0.4) is 0 Å². The van der Waals surface area contributed by atoms with Gasteiger partial charge in [0.2, 0.25) is 0 Å². The summed E-state index contributed by atoms with van der Waals surface area (Å²) in [5.74, 6) is 1.07. The molecule has 0 spiro atoms. The van der Waals surface area contributed by atoms with Crippen molar-refractivity contribution in [2.75, 3.05) is 6.54 Å². The van der Waals surface area contributed by atoms with Crippen LogP contribution in [-0.4, -0.2) is 12.5 Å². The maximum absolute atomic E-state index is 11.4. The SMILES string of the molecule is CCNC(=O)c1ccc(C(C)(C)C)o1. The van der Waals surface area contributed by atoms with Crippen LogP contribution in [0.15, 0.2) is 16.5 Å². The molecule has 0 aliphatic carbocycles. The third kappa shape index (κ3) is 2.37. The summed E-state index contributed by atoms with van der Waals surface area (Å²) < 4.78 is 5.45. The molecule has 14 heavy (non-hydrogen) atoms. The fourth-order valence-corrected chi connectivity index (χ4v) is 1.11. The second-order valence-electron chi connectivity index (χ2n) is 4.27. The molecule has 0 unspecified atom stereocenters. The van der Waals surface area contributed by atoms with Gasteiger partial charge in [0.25, 0.3) is 5.91 Å². The predicted molar refractivity (Wildman–Crippen MR) is 55.4 cm³/mol. The molecular formula is C11H17NO2. The summed E-state index contributed by atoms with van der Waals surface area (Å²) in [6, 6.07) is 3.57. The van der Waals surface area contributed by atoms with Crippen molar-refractivity contribution in [1.29, 1.82) is 0 Å². The second kappa shape index (κ2) is 3.86. The van der Waals surface area contributed by atoms with Gasteiger partial charge in [-0.1, -0.05) is 20.8 Å². The van der Waals surface area contributed by atoms with Gasteiger partial charge in [-0.2, -0.15) is 0 Å². The molecule has 1 amide bonds. The van der Waals surface area contributed by atoms with Gasteiger partial charge in [0.1, 0.15) is 5.76 Å². The van der Waals surface area contributed by atoms with E-state index in [4.69, 9.17) is 4.42 Å². The third-order valence-corrected chi connectivity index (χ3v) is 1.91. The summed E-state index contributed by atoms with van der Waals surface area (Å²) in [5.41, 5.74) is -0.0508. The molecule has 0 bridgehead atoms. The number of nitrogens with one attached hydrogen (secondary N) is 1. The second-order valence-corrected chi connectivity index (χ2v) is 4.27. The number of rotatable bonds is 2. The van der Waals surface area contributed by atoms with Crippen LogP contribution >= 0.6 is 0 Å². The molecule has 3 nitrogen and oxygen atoms in total. The Hall–Kier alpha value is -1.25. The maximum Gasteiger partial charge on any atom is 0.286 e. The van der Waals surface area contributed by atoms with Crippen LogP contribution < -0.4 is 5.32 Å². The summed E-state index contributed by atoms with van der Waals surface area (Å²) in [4.78, 5) is 11.4. The summed E-state index contributed by atoms with van der Waals surface area (Å²) in [6.45, 7) is 8.64. The topological polar surface area (TPSA) is 42.2 Å². The molecule has 1 N–H and O–H groups in total. The molecule has 1 rings (SSSR count). The molecule has 0 saturated heterocycles. The minimum Gasteiger partial charge on any atom is -0.455 e. The van der Waals surface area contributed by atoms with Crippen LogP contribution in [0, 0.1) is 0 Å². The number of hydrogen-bond donors (Lipinski definition) is 1. The lowest BCUT2D eigenvalue weighted by Gasteiger charge is -2.13. The maximum atomic E-state index is 11.4. The lowest BCUT2D eigenvalue weighted by molar-refractivity contribution is 0.0925. The first kappa shape index (κ1) is 10.8. The van der Waals surface area contributed by atoms with Crippen molar-refractivity contribution < 1.29 is 9.21 Å². The average Bonchev–Trinajstić information content (AvgIpc) is 2.51. The highest BCUT2D eigenvalue weighted by molar-refractivity contribution is 5.91. The highest BCUT2D eigenvalue weighted by Crippen LogP contribution is 2.23. The van der Waals surface area contributed by atoms with Gasteiger partial charge in [0.15, 0.2) is 5.76 Å². The van der Waals surface area contributed by atoms with Gasteiger partial charge in [-0.05, 0) is 19.1 Å². The predicted octanol–water partition coefficient (Wildman–Crippen LogP) is 2.33. The van der Waals surface area contributed by atoms with Crippen LogP contribution in [0.1, 0.15) is 44.0 Å².